The molecule has 1 saturated heterocycles. The Kier molecular flexibility index (Phi) is 8.05. The third kappa shape index (κ3) is 4.01. The van der Waals surface area contributed by atoms with Crippen molar-refractivity contribution in [2.75, 3.05) is 0 Å². The molecule has 1 fully saturated rings. The van der Waals surface area contributed by atoms with Crippen LogP contribution in [0.4, 0.5) is 0 Å². The van der Waals surface area contributed by atoms with E-state index in [0.29, 0.717) is 0 Å². The third-order valence-electron chi connectivity index (χ3n) is 8.99. The SMILES string of the molecule is CCC[Si]1(C2c3ccccc3-c3ccc[c]([Ti+2][C]4=C(C)C(C)=C(C)C4(C)C)c32)CCC1.[Cl-].[Cl-]. The van der Waals surface area contributed by atoms with Gasteiger partial charge in [-0.2, -0.15) is 0 Å². The number of rotatable bonds is 5. The van der Waals surface area contributed by atoms with Crippen LogP contribution in [0, 0.1) is 5.41 Å². The van der Waals surface area contributed by atoms with Gasteiger partial charge in [0.25, 0.3) is 0 Å². The Morgan fingerprint density at radius 1 is 0.909 bits per heavy atom. The Hall–Kier alpha value is -0.569. The average molecular weight is 531 g/mol. The summed E-state index contributed by atoms with van der Waals surface area (Å²) in [6.07, 6.45) is 2.83. The fourth-order valence-electron chi connectivity index (χ4n) is 6.80. The molecule has 5 rings (SSSR count). The standard InChI is InChI=1S/C19H21Si.C10H15.2ClH.Ti/c1-2-12-20(13-7-14-20)19-17-10-5-3-8-15(17)16-9-4-6-11-18(16)19;1-7-6-10(4,5)9(3)8(7)2;;;/h3-6,8-10,19H,2,7,12-14H2,1H3;1-5H3;2*1H;/q;;;;+2/p-2. The second-order valence-corrected chi connectivity index (χ2v) is 17.6. The number of halogens is 2. The minimum Gasteiger partial charge on any atom is -1.00 e. The van der Waals surface area contributed by atoms with E-state index >= 15 is 0 Å². The molecule has 1 unspecified atom stereocenters. The summed E-state index contributed by atoms with van der Waals surface area (Å²) in [5, 5.41) is 0. The van der Waals surface area contributed by atoms with Gasteiger partial charge >= 0.3 is 200 Å². The molecule has 0 amide bonds. The van der Waals surface area contributed by atoms with Crippen molar-refractivity contribution in [3.63, 3.8) is 0 Å². The van der Waals surface area contributed by atoms with Crippen LogP contribution in [0.1, 0.15) is 71.1 Å². The zero-order valence-electron chi connectivity index (χ0n) is 20.9. The van der Waals surface area contributed by atoms with Crippen molar-refractivity contribution in [3.8, 4) is 11.1 Å². The van der Waals surface area contributed by atoms with Crippen LogP contribution in [0.3, 0.4) is 0 Å². The second kappa shape index (κ2) is 9.82. The summed E-state index contributed by atoms with van der Waals surface area (Å²) in [5.74, 6) is 0. The number of fused-ring (bicyclic) bond motifs is 3. The summed E-state index contributed by atoms with van der Waals surface area (Å²) in [6, 6.07) is 21.3. The largest absolute Gasteiger partial charge is 1.00 e. The first-order valence-corrected chi connectivity index (χ1v) is 16.5. The van der Waals surface area contributed by atoms with E-state index in [2.05, 4.69) is 84.0 Å². The summed E-state index contributed by atoms with van der Waals surface area (Å²) in [6.45, 7) is 14.5. The average Bonchev–Trinajstić information content (AvgIpc) is 3.14. The Morgan fingerprint density at radius 3 is 2.15 bits per heavy atom. The van der Waals surface area contributed by atoms with E-state index in [1.54, 1.807) is 58.8 Å². The van der Waals surface area contributed by atoms with Crippen LogP contribution in [0.2, 0.25) is 18.1 Å². The quantitative estimate of drug-likeness (QED) is 0.518. The van der Waals surface area contributed by atoms with E-state index in [4.69, 9.17) is 0 Å². The molecule has 33 heavy (non-hydrogen) atoms. The van der Waals surface area contributed by atoms with E-state index in [1.165, 1.54) is 18.9 Å². The normalized spacial score (nSPS) is 21.5. The van der Waals surface area contributed by atoms with Gasteiger partial charge in [0, 0.05) is 0 Å². The number of allylic oxidation sites excluding steroid dienone is 4. The number of hydrogen-bond acceptors (Lipinski definition) is 0. The molecule has 0 nitrogen and oxygen atoms in total. The molecule has 2 aliphatic carbocycles. The van der Waals surface area contributed by atoms with Crippen LogP contribution in [-0.2, 0) is 19.2 Å². The Labute approximate surface area is 223 Å². The maximum absolute atomic E-state index is 2.52. The zero-order valence-corrected chi connectivity index (χ0v) is 25.0. The van der Waals surface area contributed by atoms with E-state index in [-0.39, 0.29) is 49.4 Å². The van der Waals surface area contributed by atoms with Crippen LogP contribution in [0.5, 0.6) is 0 Å². The van der Waals surface area contributed by atoms with Crippen molar-refractivity contribution in [3.05, 3.63) is 74.2 Å². The van der Waals surface area contributed by atoms with Crippen LogP contribution in [-0.4, -0.2) is 8.07 Å². The van der Waals surface area contributed by atoms with E-state index in [0.717, 1.165) is 5.54 Å². The van der Waals surface area contributed by atoms with Crippen LogP contribution in [0.25, 0.3) is 11.1 Å². The topological polar surface area (TPSA) is 0 Å². The molecule has 1 heterocycles. The minimum atomic E-state index is -1.29. The molecule has 0 bridgehead atoms. The van der Waals surface area contributed by atoms with Crippen molar-refractivity contribution >= 4 is 11.9 Å². The first-order chi connectivity index (χ1) is 14.8. The van der Waals surface area contributed by atoms with Crippen molar-refractivity contribution in [1.29, 1.82) is 0 Å². The molecule has 0 spiro atoms. The smallest absolute Gasteiger partial charge is 1.00 e. The van der Waals surface area contributed by atoms with Gasteiger partial charge in [0.15, 0.2) is 0 Å². The van der Waals surface area contributed by atoms with E-state index in [9.17, 15) is 0 Å². The summed E-state index contributed by atoms with van der Waals surface area (Å²) < 4.78 is 3.50. The number of hydrogen-bond donors (Lipinski definition) is 0. The summed E-state index contributed by atoms with van der Waals surface area (Å²) >= 11 is -0.351. The van der Waals surface area contributed by atoms with Gasteiger partial charge < -0.3 is 24.8 Å². The van der Waals surface area contributed by atoms with Gasteiger partial charge in [0.05, 0.1) is 0 Å². The second-order valence-electron chi connectivity index (χ2n) is 10.8. The van der Waals surface area contributed by atoms with Crippen molar-refractivity contribution < 1.29 is 44.0 Å². The fraction of sp³-hybridized carbons (Fsp3) is 0.448. The van der Waals surface area contributed by atoms with Crippen LogP contribution in [0.15, 0.2) is 63.1 Å². The van der Waals surface area contributed by atoms with Gasteiger partial charge in [-0.25, -0.2) is 0 Å². The van der Waals surface area contributed by atoms with E-state index in [1.807, 2.05) is 0 Å². The maximum atomic E-state index is 2.52. The minimum absolute atomic E-state index is 0. The summed E-state index contributed by atoms with van der Waals surface area (Å²) in [7, 11) is -1.29. The van der Waals surface area contributed by atoms with Crippen LogP contribution < -0.4 is 28.7 Å². The maximum Gasteiger partial charge on any atom is -1.00 e. The molecule has 1 aliphatic heterocycles. The molecule has 3 aliphatic rings. The molecule has 2 aromatic rings. The van der Waals surface area contributed by atoms with Gasteiger partial charge in [0.1, 0.15) is 0 Å². The Morgan fingerprint density at radius 2 is 1.58 bits per heavy atom. The van der Waals surface area contributed by atoms with E-state index < -0.39 is 8.07 Å². The molecule has 0 saturated carbocycles. The van der Waals surface area contributed by atoms with Crippen molar-refractivity contribution in [1.82, 2.24) is 0 Å². The zero-order chi connectivity index (χ0) is 22.0. The first-order valence-electron chi connectivity index (χ1n) is 12.2. The first kappa shape index (κ1) is 27.0. The summed E-state index contributed by atoms with van der Waals surface area (Å²) in [4.78, 5) is 0. The van der Waals surface area contributed by atoms with Gasteiger partial charge in [-0.3, -0.25) is 0 Å². The van der Waals surface area contributed by atoms with Gasteiger partial charge in [-0.1, -0.05) is 0 Å². The molecule has 0 radical (unpaired) electrons. The molecule has 174 valence electrons. The predicted molar refractivity (Wildman–Crippen MR) is 133 cm³/mol. The van der Waals surface area contributed by atoms with Crippen molar-refractivity contribution in [2.24, 2.45) is 5.41 Å². The molecule has 2 aromatic carbocycles. The Balaban J connectivity index is 0.00000153. The number of benzene rings is 2. The third-order valence-corrected chi connectivity index (χ3v) is 18.1. The van der Waals surface area contributed by atoms with Crippen molar-refractivity contribution in [2.45, 2.75) is 78.1 Å². The fourth-order valence-corrected chi connectivity index (χ4v) is 15.2. The molecular formula is C29H36Cl2SiTi. The molecule has 0 aromatic heterocycles. The molecule has 1 atom stereocenters. The molecule has 0 N–H and O–H groups in total. The van der Waals surface area contributed by atoms with Gasteiger partial charge in [0.2, 0.25) is 0 Å². The monoisotopic (exact) mass is 530 g/mol. The van der Waals surface area contributed by atoms with Crippen LogP contribution >= 0.6 is 0 Å². The Bertz CT molecular complexity index is 1120. The summed E-state index contributed by atoms with van der Waals surface area (Å²) in [5.41, 5.74) is 12.3. The molecule has 4 heteroatoms. The van der Waals surface area contributed by atoms with Gasteiger partial charge in [-0.05, 0) is 0 Å². The van der Waals surface area contributed by atoms with Gasteiger partial charge in [-0.15, -0.1) is 0 Å². The predicted octanol–water partition coefficient (Wildman–Crippen LogP) is 1.97. The molecular weight excluding hydrogens is 495 g/mol.